The van der Waals surface area contributed by atoms with Crippen molar-refractivity contribution in [2.45, 2.75) is 26.2 Å². The molecule has 1 aliphatic rings. The molecule has 1 aliphatic heterocycles. The summed E-state index contributed by atoms with van der Waals surface area (Å²) in [6.07, 6.45) is 3.98. The Morgan fingerprint density at radius 1 is 1.33 bits per heavy atom. The predicted octanol–water partition coefficient (Wildman–Crippen LogP) is 2.86. The lowest BCUT2D eigenvalue weighted by atomic mass is 9.90. The second-order valence-electron chi connectivity index (χ2n) is 4.89. The minimum atomic E-state index is 0.817. The Bertz CT molecular complexity index is 275. The number of nitrogens with one attached hydrogen (secondary N) is 1. The number of benzene rings is 1. The topological polar surface area (TPSA) is 12.0 Å². The fraction of sp³-hybridized carbons (Fsp3) is 0.571. The van der Waals surface area contributed by atoms with Gasteiger partial charge in [0, 0.05) is 0 Å². The van der Waals surface area contributed by atoms with Gasteiger partial charge in [0.25, 0.3) is 0 Å². The summed E-state index contributed by atoms with van der Waals surface area (Å²) in [7, 11) is 0. The average Bonchev–Trinajstić information content (AvgIpc) is 2.71. The molecule has 1 N–H and O–H groups in total. The van der Waals surface area contributed by atoms with E-state index in [0.29, 0.717) is 0 Å². The van der Waals surface area contributed by atoms with Crippen molar-refractivity contribution in [2.75, 3.05) is 13.1 Å². The summed E-state index contributed by atoms with van der Waals surface area (Å²) >= 11 is 0. The summed E-state index contributed by atoms with van der Waals surface area (Å²) in [6.45, 7) is 4.84. The van der Waals surface area contributed by atoms with Gasteiger partial charge in [0.05, 0.1) is 0 Å². The van der Waals surface area contributed by atoms with Gasteiger partial charge in [0.1, 0.15) is 0 Å². The van der Waals surface area contributed by atoms with Crippen LogP contribution in [0.3, 0.4) is 0 Å². The van der Waals surface area contributed by atoms with Crippen molar-refractivity contribution in [3.05, 3.63) is 35.9 Å². The van der Waals surface area contributed by atoms with Crippen LogP contribution in [0.1, 0.15) is 25.3 Å². The van der Waals surface area contributed by atoms with Gasteiger partial charge in [0.15, 0.2) is 0 Å². The first-order chi connectivity index (χ1) is 7.34. The van der Waals surface area contributed by atoms with Crippen LogP contribution in [0.4, 0.5) is 0 Å². The maximum absolute atomic E-state index is 3.44. The summed E-state index contributed by atoms with van der Waals surface area (Å²) in [5.74, 6) is 1.74. The molecule has 1 nitrogen and oxygen atoms in total. The zero-order valence-corrected chi connectivity index (χ0v) is 9.58. The zero-order chi connectivity index (χ0) is 10.5. The van der Waals surface area contributed by atoms with Crippen LogP contribution in [0.15, 0.2) is 30.3 Å². The van der Waals surface area contributed by atoms with E-state index in [1.807, 2.05) is 0 Å². The molecule has 0 saturated carbocycles. The molecule has 0 spiro atoms. The summed E-state index contributed by atoms with van der Waals surface area (Å²) in [5.41, 5.74) is 1.48. The summed E-state index contributed by atoms with van der Waals surface area (Å²) in [4.78, 5) is 0. The molecule has 1 heterocycles. The van der Waals surface area contributed by atoms with Gasteiger partial charge in [-0.1, -0.05) is 37.3 Å². The third-order valence-electron chi connectivity index (χ3n) is 3.33. The Kier molecular flexibility index (Phi) is 3.79. The van der Waals surface area contributed by atoms with Crippen molar-refractivity contribution >= 4 is 0 Å². The van der Waals surface area contributed by atoms with E-state index in [-0.39, 0.29) is 0 Å². The van der Waals surface area contributed by atoms with Crippen LogP contribution >= 0.6 is 0 Å². The van der Waals surface area contributed by atoms with Gasteiger partial charge < -0.3 is 5.32 Å². The highest BCUT2D eigenvalue weighted by molar-refractivity contribution is 5.15. The van der Waals surface area contributed by atoms with E-state index in [0.717, 1.165) is 11.8 Å². The molecule has 1 saturated heterocycles. The Morgan fingerprint density at radius 3 is 2.80 bits per heavy atom. The van der Waals surface area contributed by atoms with Gasteiger partial charge in [-0.25, -0.2) is 0 Å². The molecule has 0 amide bonds. The minimum Gasteiger partial charge on any atom is -0.316 e. The van der Waals surface area contributed by atoms with Crippen LogP contribution in [0.5, 0.6) is 0 Å². The fourth-order valence-electron chi connectivity index (χ4n) is 2.58. The molecule has 0 aliphatic carbocycles. The second kappa shape index (κ2) is 5.32. The highest BCUT2D eigenvalue weighted by Crippen LogP contribution is 2.21. The molecule has 1 heteroatoms. The van der Waals surface area contributed by atoms with Crippen molar-refractivity contribution in [2.24, 2.45) is 11.8 Å². The van der Waals surface area contributed by atoms with Gasteiger partial charge in [-0.15, -0.1) is 0 Å². The van der Waals surface area contributed by atoms with Gasteiger partial charge >= 0.3 is 0 Å². The third-order valence-corrected chi connectivity index (χ3v) is 3.33. The minimum absolute atomic E-state index is 0.817. The lowest BCUT2D eigenvalue weighted by molar-refractivity contribution is 0.412. The summed E-state index contributed by atoms with van der Waals surface area (Å²) < 4.78 is 0. The monoisotopic (exact) mass is 203 g/mol. The molecular formula is C14H21N. The number of hydrogen-bond acceptors (Lipinski definition) is 1. The number of rotatable bonds is 4. The summed E-state index contributed by atoms with van der Waals surface area (Å²) in [6, 6.07) is 10.8. The fourth-order valence-corrected chi connectivity index (χ4v) is 2.58. The van der Waals surface area contributed by atoms with E-state index >= 15 is 0 Å². The van der Waals surface area contributed by atoms with Gasteiger partial charge in [-0.05, 0) is 49.8 Å². The molecule has 0 bridgehead atoms. The molecule has 82 valence electrons. The maximum atomic E-state index is 3.44. The SMILES string of the molecule is CC(Cc1ccccc1)CC1CCNC1. The van der Waals surface area contributed by atoms with Crippen LogP contribution in [-0.2, 0) is 6.42 Å². The van der Waals surface area contributed by atoms with Crippen molar-refractivity contribution in [3.63, 3.8) is 0 Å². The van der Waals surface area contributed by atoms with E-state index in [4.69, 9.17) is 0 Å². The Hall–Kier alpha value is -0.820. The van der Waals surface area contributed by atoms with E-state index < -0.39 is 0 Å². The van der Waals surface area contributed by atoms with Crippen molar-refractivity contribution in [1.82, 2.24) is 5.32 Å². The highest BCUT2D eigenvalue weighted by atomic mass is 14.9. The zero-order valence-electron chi connectivity index (χ0n) is 9.58. The molecule has 0 radical (unpaired) electrons. The van der Waals surface area contributed by atoms with Crippen LogP contribution in [0.2, 0.25) is 0 Å². The molecule has 15 heavy (non-hydrogen) atoms. The molecule has 1 aromatic rings. The maximum Gasteiger partial charge on any atom is -0.00199 e. The smallest absolute Gasteiger partial charge is 0.00199 e. The normalized spacial score (nSPS) is 22.9. The van der Waals surface area contributed by atoms with Crippen LogP contribution in [-0.4, -0.2) is 13.1 Å². The van der Waals surface area contributed by atoms with Crippen molar-refractivity contribution in [3.8, 4) is 0 Å². The van der Waals surface area contributed by atoms with E-state index in [2.05, 4.69) is 42.6 Å². The van der Waals surface area contributed by atoms with Gasteiger partial charge in [-0.2, -0.15) is 0 Å². The quantitative estimate of drug-likeness (QED) is 0.793. The largest absolute Gasteiger partial charge is 0.316 e. The average molecular weight is 203 g/mol. The molecule has 2 rings (SSSR count). The van der Waals surface area contributed by atoms with Crippen molar-refractivity contribution < 1.29 is 0 Å². The molecule has 2 atom stereocenters. The van der Waals surface area contributed by atoms with Crippen LogP contribution in [0.25, 0.3) is 0 Å². The first kappa shape index (κ1) is 10.7. The number of hydrogen-bond donors (Lipinski definition) is 1. The predicted molar refractivity (Wildman–Crippen MR) is 64.9 cm³/mol. The lowest BCUT2D eigenvalue weighted by Crippen LogP contribution is -2.12. The molecule has 0 aromatic heterocycles. The lowest BCUT2D eigenvalue weighted by Gasteiger charge is -2.15. The van der Waals surface area contributed by atoms with E-state index in [1.165, 1.54) is 37.9 Å². The summed E-state index contributed by atoms with van der Waals surface area (Å²) in [5, 5.41) is 3.44. The van der Waals surface area contributed by atoms with E-state index in [9.17, 15) is 0 Å². The van der Waals surface area contributed by atoms with E-state index in [1.54, 1.807) is 0 Å². The molecule has 1 aromatic carbocycles. The first-order valence-corrected chi connectivity index (χ1v) is 6.09. The molecule has 1 fully saturated rings. The molecule has 2 unspecified atom stereocenters. The van der Waals surface area contributed by atoms with Gasteiger partial charge in [0.2, 0.25) is 0 Å². The van der Waals surface area contributed by atoms with Crippen LogP contribution in [0, 0.1) is 11.8 Å². The molecular weight excluding hydrogens is 182 g/mol. The first-order valence-electron chi connectivity index (χ1n) is 6.09. The Labute approximate surface area is 92.9 Å². The van der Waals surface area contributed by atoms with Crippen molar-refractivity contribution in [1.29, 1.82) is 0 Å². The third kappa shape index (κ3) is 3.35. The standard InChI is InChI=1S/C14H21N/c1-12(10-14-7-8-15-11-14)9-13-5-3-2-4-6-13/h2-6,12,14-15H,7-11H2,1H3. The Morgan fingerprint density at radius 2 is 2.13 bits per heavy atom. The highest BCUT2D eigenvalue weighted by Gasteiger charge is 2.17. The Balaban J connectivity index is 1.79. The van der Waals surface area contributed by atoms with Gasteiger partial charge in [-0.3, -0.25) is 0 Å². The second-order valence-corrected chi connectivity index (χ2v) is 4.89. The van der Waals surface area contributed by atoms with Crippen LogP contribution < -0.4 is 5.32 Å².